The number of likely N-dealkylation sites (N-methyl/N-ethyl adjacent to an activating group) is 1. The average Bonchev–Trinajstić information content (AvgIpc) is 2.62. The molecule has 1 amide bonds. The van der Waals surface area contributed by atoms with Crippen LogP contribution in [0.4, 0.5) is 0 Å². The Hall–Kier alpha value is -2.91. The second-order valence-electron chi connectivity index (χ2n) is 6.86. The van der Waals surface area contributed by atoms with Crippen LogP contribution >= 0.6 is 0 Å². The summed E-state index contributed by atoms with van der Waals surface area (Å²) in [7, 11) is 3.97. The van der Waals surface area contributed by atoms with Crippen molar-refractivity contribution in [3.63, 3.8) is 0 Å². The van der Waals surface area contributed by atoms with E-state index >= 15 is 0 Å². The summed E-state index contributed by atoms with van der Waals surface area (Å²) in [5.74, 6) is -0.0544. The molecule has 0 saturated heterocycles. The molecule has 27 heavy (non-hydrogen) atoms. The van der Waals surface area contributed by atoms with Gasteiger partial charge in [0.1, 0.15) is 11.6 Å². The number of carbonyl (C=O) groups is 1. The van der Waals surface area contributed by atoms with Gasteiger partial charge in [0.05, 0.1) is 6.04 Å². The van der Waals surface area contributed by atoms with Crippen molar-refractivity contribution in [2.75, 3.05) is 20.6 Å². The lowest BCUT2D eigenvalue weighted by molar-refractivity contribution is -0.121. The number of nitrogens with one attached hydrogen (secondary N) is 2. The molecule has 0 saturated carbocycles. The number of hydrogen-bond acceptors (Lipinski definition) is 4. The smallest absolute Gasteiger partial charge is 0.266 e. The van der Waals surface area contributed by atoms with Gasteiger partial charge in [0.25, 0.3) is 5.56 Å². The highest BCUT2D eigenvalue weighted by Crippen LogP contribution is 2.17. The molecule has 1 heterocycles. The average molecular weight is 366 g/mol. The number of nitriles is 1. The Morgan fingerprint density at radius 2 is 1.93 bits per heavy atom. The Labute approximate surface area is 159 Å². The van der Waals surface area contributed by atoms with Crippen LogP contribution in [0.3, 0.4) is 0 Å². The van der Waals surface area contributed by atoms with Crippen molar-refractivity contribution in [3.05, 3.63) is 68.6 Å². The number of rotatable bonds is 7. The third kappa shape index (κ3) is 5.05. The molecule has 0 aliphatic rings. The number of aromatic nitrogens is 1. The lowest BCUT2D eigenvalue weighted by Gasteiger charge is -2.25. The van der Waals surface area contributed by atoms with E-state index in [1.165, 1.54) is 0 Å². The molecular formula is C21H26N4O2. The van der Waals surface area contributed by atoms with E-state index in [-0.39, 0.29) is 23.1 Å². The molecule has 2 aromatic rings. The summed E-state index contributed by atoms with van der Waals surface area (Å²) in [4.78, 5) is 28.9. The molecule has 0 aliphatic carbocycles. The van der Waals surface area contributed by atoms with Gasteiger partial charge in [0.2, 0.25) is 5.91 Å². The number of benzene rings is 1. The van der Waals surface area contributed by atoms with Gasteiger partial charge < -0.3 is 15.2 Å². The summed E-state index contributed by atoms with van der Waals surface area (Å²) in [6, 6.07) is 12.1. The summed E-state index contributed by atoms with van der Waals surface area (Å²) >= 11 is 0. The highest BCUT2D eigenvalue weighted by Gasteiger charge is 2.16. The number of aromatic amines is 1. The fourth-order valence-corrected chi connectivity index (χ4v) is 3.23. The molecule has 1 atom stereocenters. The summed E-state index contributed by atoms with van der Waals surface area (Å²) in [6.07, 6.45) is 0.778. The minimum atomic E-state index is -0.377. The third-order valence-corrected chi connectivity index (χ3v) is 4.82. The van der Waals surface area contributed by atoms with Crippen LogP contribution in [0, 0.1) is 25.2 Å². The normalized spacial score (nSPS) is 11.9. The zero-order chi connectivity index (χ0) is 20.0. The molecule has 2 rings (SSSR count). The van der Waals surface area contributed by atoms with E-state index in [0.29, 0.717) is 30.6 Å². The first-order chi connectivity index (χ1) is 12.8. The van der Waals surface area contributed by atoms with Gasteiger partial charge in [-0.2, -0.15) is 5.26 Å². The van der Waals surface area contributed by atoms with E-state index in [4.69, 9.17) is 5.26 Å². The van der Waals surface area contributed by atoms with E-state index in [1.54, 1.807) is 13.8 Å². The Kier molecular flexibility index (Phi) is 6.91. The highest BCUT2D eigenvalue weighted by atomic mass is 16.1. The number of nitrogens with zero attached hydrogens (tertiary/aromatic N) is 2. The summed E-state index contributed by atoms with van der Waals surface area (Å²) < 4.78 is 0. The van der Waals surface area contributed by atoms with E-state index in [1.807, 2.05) is 50.5 Å². The van der Waals surface area contributed by atoms with E-state index in [0.717, 1.165) is 11.1 Å². The van der Waals surface area contributed by atoms with Gasteiger partial charge in [-0.1, -0.05) is 30.3 Å². The standard InChI is InChI=1S/C21H26N4O2/c1-14-17(15(2)24-21(27)18(14)12-22)10-11-20(26)23-13-19(25(3)4)16-8-6-5-7-9-16/h5-9,19H,10-11,13H2,1-4H3,(H,23,26)(H,24,27)/t19-/m0/s1. The van der Waals surface area contributed by atoms with Gasteiger partial charge in [-0.05, 0) is 51.1 Å². The Morgan fingerprint density at radius 3 is 2.52 bits per heavy atom. The maximum Gasteiger partial charge on any atom is 0.266 e. The van der Waals surface area contributed by atoms with Gasteiger partial charge in [-0.15, -0.1) is 0 Å². The van der Waals surface area contributed by atoms with Crippen molar-refractivity contribution < 1.29 is 4.79 Å². The molecule has 0 fully saturated rings. The van der Waals surface area contributed by atoms with Crippen molar-refractivity contribution >= 4 is 5.91 Å². The maximum absolute atomic E-state index is 12.4. The topological polar surface area (TPSA) is 89.0 Å². The second kappa shape index (κ2) is 9.15. The minimum Gasteiger partial charge on any atom is -0.354 e. The van der Waals surface area contributed by atoms with Crippen molar-refractivity contribution in [2.45, 2.75) is 32.7 Å². The molecule has 0 radical (unpaired) electrons. The fraction of sp³-hybridized carbons (Fsp3) is 0.381. The predicted molar refractivity (Wildman–Crippen MR) is 105 cm³/mol. The Balaban J connectivity index is 2.01. The van der Waals surface area contributed by atoms with E-state index in [2.05, 4.69) is 15.2 Å². The van der Waals surface area contributed by atoms with Crippen molar-refractivity contribution in [2.24, 2.45) is 0 Å². The summed E-state index contributed by atoms with van der Waals surface area (Å²) in [5, 5.41) is 12.1. The first kappa shape index (κ1) is 20.4. The lowest BCUT2D eigenvalue weighted by Crippen LogP contribution is -2.34. The van der Waals surface area contributed by atoms with Gasteiger partial charge in [-0.25, -0.2) is 0 Å². The first-order valence-electron chi connectivity index (χ1n) is 8.95. The number of amides is 1. The summed E-state index contributed by atoms with van der Waals surface area (Å²) in [6.45, 7) is 4.06. The molecule has 1 aromatic heterocycles. The number of aryl methyl sites for hydroxylation is 1. The first-order valence-corrected chi connectivity index (χ1v) is 8.95. The number of carbonyl (C=O) groups excluding carboxylic acids is 1. The van der Waals surface area contributed by atoms with Crippen LogP contribution in [0.25, 0.3) is 0 Å². The highest BCUT2D eigenvalue weighted by molar-refractivity contribution is 5.76. The van der Waals surface area contributed by atoms with Crippen LogP contribution in [0.5, 0.6) is 0 Å². The van der Waals surface area contributed by atoms with E-state index in [9.17, 15) is 9.59 Å². The maximum atomic E-state index is 12.4. The van der Waals surface area contributed by atoms with Crippen LogP contribution in [0.2, 0.25) is 0 Å². The quantitative estimate of drug-likeness (QED) is 0.786. The molecule has 0 aliphatic heterocycles. The van der Waals surface area contributed by atoms with Gasteiger partial charge in [0, 0.05) is 18.7 Å². The minimum absolute atomic E-state index is 0.0544. The lowest BCUT2D eigenvalue weighted by atomic mass is 9.99. The largest absolute Gasteiger partial charge is 0.354 e. The molecular weight excluding hydrogens is 340 g/mol. The van der Waals surface area contributed by atoms with Gasteiger partial charge in [-0.3, -0.25) is 9.59 Å². The number of H-pyrrole nitrogens is 1. The predicted octanol–water partition coefficient (Wildman–Crippen LogP) is 2.22. The zero-order valence-electron chi connectivity index (χ0n) is 16.3. The van der Waals surface area contributed by atoms with Crippen molar-refractivity contribution in [3.8, 4) is 6.07 Å². The summed E-state index contributed by atoms with van der Waals surface area (Å²) in [5.41, 5.74) is 3.11. The Bertz CT molecular complexity index is 895. The number of hydrogen-bond donors (Lipinski definition) is 2. The van der Waals surface area contributed by atoms with Crippen LogP contribution in [-0.2, 0) is 11.2 Å². The van der Waals surface area contributed by atoms with Gasteiger partial charge in [0.15, 0.2) is 0 Å². The monoisotopic (exact) mass is 366 g/mol. The van der Waals surface area contributed by atoms with Gasteiger partial charge >= 0.3 is 0 Å². The molecule has 0 bridgehead atoms. The third-order valence-electron chi connectivity index (χ3n) is 4.82. The molecule has 2 N–H and O–H groups in total. The van der Waals surface area contributed by atoms with E-state index < -0.39 is 0 Å². The molecule has 6 heteroatoms. The van der Waals surface area contributed by atoms with Crippen LogP contribution < -0.4 is 10.9 Å². The van der Waals surface area contributed by atoms with Crippen LogP contribution in [-0.4, -0.2) is 36.4 Å². The van der Waals surface area contributed by atoms with Crippen LogP contribution in [0.1, 0.15) is 40.4 Å². The SMILES string of the molecule is Cc1[nH]c(=O)c(C#N)c(C)c1CCC(=O)NC[C@@H](c1ccccc1)N(C)C. The number of pyridine rings is 1. The molecule has 0 unspecified atom stereocenters. The van der Waals surface area contributed by atoms with Crippen molar-refractivity contribution in [1.82, 2.24) is 15.2 Å². The Morgan fingerprint density at radius 1 is 1.26 bits per heavy atom. The molecule has 142 valence electrons. The fourth-order valence-electron chi connectivity index (χ4n) is 3.23. The molecule has 6 nitrogen and oxygen atoms in total. The second-order valence-corrected chi connectivity index (χ2v) is 6.86. The molecule has 0 spiro atoms. The molecule has 1 aromatic carbocycles. The van der Waals surface area contributed by atoms with Crippen molar-refractivity contribution in [1.29, 1.82) is 5.26 Å². The van der Waals surface area contributed by atoms with Crippen LogP contribution in [0.15, 0.2) is 35.1 Å². The zero-order valence-corrected chi connectivity index (χ0v) is 16.3.